The molecule has 1 fully saturated rings. The Labute approximate surface area is 195 Å². The molecule has 0 atom stereocenters. The number of ether oxygens (including phenoxy) is 1. The average molecular weight is 484 g/mol. The van der Waals surface area contributed by atoms with E-state index in [4.69, 9.17) is 0 Å². The predicted octanol–water partition coefficient (Wildman–Crippen LogP) is 3.83. The molecule has 0 unspecified atom stereocenters. The molecule has 4 aromatic rings. The number of halogens is 3. The van der Waals surface area contributed by atoms with E-state index in [1.807, 2.05) is 0 Å². The van der Waals surface area contributed by atoms with E-state index in [9.17, 15) is 27.6 Å². The number of anilines is 2. The smallest absolute Gasteiger partial charge is 0.406 e. The summed E-state index contributed by atoms with van der Waals surface area (Å²) in [6.45, 7) is 0. The Bertz CT molecular complexity index is 1600. The van der Waals surface area contributed by atoms with Crippen LogP contribution in [0.3, 0.4) is 0 Å². The largest absolute Gasteiger partial charge is 0.573 e. The van der Waals surface area contributed by atoms with Gasteiger partial charge >= 0.3 is 12.1 Å². The standard InChI is InChI=1S/C24H19F3N4O4/c1-29-19(32)13-18(28-14-7-11-17(12-8-14)35-24(25,26)27)20-21(29)30(15-5-3-2-4-6-15)23(34)31(22(20)33)16-9-10-16/h2-8,11-13,16,28H,9-10H2,1H3. The number of rotatable bonds is 5. The topological polar surface area (TPSA) is 87.3 Å². The highest BCUT2D eigenvalue weighted by Crippen LogP contribution is 2.33. The minimum Gasteiger partial charge on any atom is -0.406 e. The van der Waals surface area contributed by atoms with Gasteiger partial charge in [-0.15, -0.1) is 13.2 Å². The van der Waals surface area contributed by atoms with Crippen LogP contribution in [0.4, 0.5) is 24.5 Å². The van der Waals surface area contributed by atoms with Gasteiger partial charge in [-0.1, -0.05) is 18.2 Å². The van der Waals surface area contributed by atoms with Gasteiger partial charge in [-0.25, -0.2) is 9.36 Å². The summed E-state index contributed by atoms with van der Waals surface area (Å²) in [7, 11) is 1.47. The first-order valence-electron chi connectivity index (χ1n) is 10.7. The Morgan fingerprint density at radius 2 is 1.63 bits per heavy atom. The minimum absolute atomic E-state index is 0.107. The van der Waals surface area contributed by atoms with Crippen molar-refractivity contribution in [2.75, 3.05) is 5.32 Å². The second kappa shape index (κ2) is 8.19. The number of benzene rings is 2. The van der Waals surface area contributed by atoms with Gasteiger partial charge in [0.25, 0.3) is 11.1 Å². The fourth-order valence-electron chi connectivity index (χ4n) is 4.02. The highest BCUT2D eigenvalue weighted by molar-refractivity contribution is 5.91. The molecule has 5 rings (SSSR count). The van der Waals surface area contributed by atoms with Crippen molar-refractivity contribution in [3.05, 3.63) is 91.9 Å². The van der Waals surface area contributed by atoms with E-state index in [1.54, 1.807) is 30.3 Å². The van der Waals surface area contributed by atoms with Crippen molar-refractivity contribution < 1.29 is 17.9 Å². The molecule has 0 amide bonds. The van der Waals surface area contributed by atoms with E-state index in [2.05, 4.69) is 10.1 Å². The third kappa shape index (κ3) is 4.20. The van der Waals surface area contributed by atoms with Crippen molar-refractivity contribution in [3.63, 3.8) is 0 Å². The number of nitrogens with one attached hydrogen (secondary N) is 1. The first kappa shape index (κ1) is 22.5. The van der Waals surface area contributed by atoms with Crippen LogP contribution in [0.5, 0.6) is 5.75 Å². The Kier molecular flexibility index (Phi) is 5.27. The van der Waals surface area contributed by atoms with Crippen LogP contribution in [-0.2, 0) is 7.05 Å². The summed E-state index contributed by atoms with van der Waals surface area (Å²) in [4.78, 5) is 39.8. The molecule has 0 bridgehead atoms. The number of hydrogen-bond donors (Lipinski definition) is 1. The lowest BCUT2D eigenvalue weighted by molar-refractivity contribution is -0.274. The molecule has 180 valence electrons. The summed E-state index contributed by atoms with van der Waals surface area (Å²) in [5, 5.41) is 3.06. The van der Waals surface area contributed by atoms with Gasteiger partial charge in [0.1, 0.15) is 16.8 Å². The van der Waals surface area contributed by atoms with Gasteiger partial charge in [0.05, 0.1) is 11.4 Å². The van der Waals surface area contributed by atoms with Gasteiger partial charge in [-0.2, -0.15) is 0 Å². The number of nitrogens with zero attached hydrogens (tertiary/aromatic N) is 3. The molecule has 1 aliphatic carbocycles. The normalized spacial score (nSPS) is 13.7. The van der Waals surface area contributed by atoms with Gasteiger partial charge in [-0.3, -0.25) is 18.7 Å². The monoisotopic (exact) mass is 484 g/mol. The average Bonchev–Trinajstić information content (AvgIpc) is 3.63. The molecule has 35 heavy (non-hydrogen) atoms. The van der Waals surface area contributed by atoms with Crippen molar-refractivity contribution in [2.24, 2.45) is 7.05 Å². The van der Waals surface area contributed by atoms with E-state index < -0.39 is 28.9 Å². The molecule has 1 aliphatic rings. The zero-order valence-electron chi connectivity index (χ0n) is 18.4. The van der Waals surface area contributed by atoms with Crippen molar-refractivity contribution in [1.29, 1.82) is 0 Å². The second-order valence-corrected chi connectivity index (χ2v) is 8.21. The van der Waals surface area contributed by atoms with E-state index in [-0.39, 0.29) is 22.8 Å². The molecule has 0 spiro atoms. The Morgan fingerprint density at radius 1 is 0.971 bits per heavy atom. The lowest BCUT2D eigenvalue weighted by atomic mass is 10.2. The molecule has 8 nitrogen and oxygen atoms in total. The van der Waals surface area contributed by atoms with Gasteiger partial charge < -0.3 is 10.1 Å². The summed E-state index contributed by atoms with van der Waals surface area (Å²) < 4.78 is 45.1. The number of aryl methyl sites for hydroxylation is 1. The lowest BCUT2D eigenvalue weighted by Gasteiger charge is -2.19. The fourth-order valence-corrected chi connectivity index (χ4v) is 4.02. The van der Waals surface area contributed by atoms with E-state index >= 15 is 0 Å². The van der Waals surface area contributed by atoms with Crippen LogP contribution in [0.15, 0.2) is 75.0 Å². The molecule has 1 saturated carbocycles. The molecule has 2 aromatic heterocycles. The van der Waals surface area contributed by atoms with Gasteiger partial charge in [0.2, 0.25) is 0 Å². The zero-order chi connectivity index (χ0) is 24.9. The molecular formula is C24H19F3N4O4. The first-order valence-corrected chi connectivity index (χ1v) is 10.7. The molecule has 0 radical (unpaired) electrons. The summed E-state index contributed by atoms with van der Waals surface area (Å²) >= 11 is 0. The molecular weight excluding hydrogens is 465 g/mol. The molecule has 2 aromatic carbocycles. The predicted molar refractivity (Wildman–Crippen MR) is 124 cm³/mol. The summed E-state index contributed by atoms with van der Waals surface area (Å²) in [5.41, 5.74) is -0.523. The number of hydrogen-bond acceptors (Lipinski definition) is 5. The highest BCUT2D eigenvalue weighted by Gasteiger charge is 2.32. The van der Waals surface area contributed by atoms with Crippen molar-refractivity contribution >= 4 is 22.4 Å². The number of fused-ring (bicyclic) bond motifs is 1. The number of para-hydroxylation sites is 1. The Balaban J connectivity index is 1.74. The van der Waals surface area contributed by atoms with Crippen molar-refractivity contribution in [2.45, 2.75) is 25.2 Å². The maximum Gasteiger partial charge on any atom is 0.573 e. The third-order valence-corrected chi connectivity index (χ3v) is 5.74. The maximum absolute atomic E-state index is 13.5. The van der Waals surface area contributed by atoms with Crippen LogP contribution < -0.4 is 26.9 Å². The van der Waals surface area contributed by atoms with E-state index in [0.717, 1.165) is 12.1 Å². The van der Waals surface area contributed by atoms with Crippen molar-refractivity contribution in [1.82, 2.24) is 13.7 Å². The van der Waals surface area contributed by atoms with Gasteiger partial charge in [0, 0.05) is 24.8 Å². The lowest BCUT2D eigenvalue weighted by Crippen LogP contribution is -2.41. The van der Waals surface area contributed by atoms with Crippen molar-refractivity contribution in [3.8, 4) is 11.4 Å². The fraction of sp³-hybridized carbons (Fsp3) is 0.208. The summed E-state index contributed by atoms with van der Waals surface area (Å²) in [6.07, 6.45) is -3.46. The van der Waals surface area contributed by atoms with Gasteiger partial charge in [-0.05, 0) is 49.2 Å². The van der Waals surface area contributed by atoms with Crippen LogP contribution in [0.25, 0.3) is 16.7 Å². The minimum atomic E-state index is -4.83. The number of alkyl halides is 3. The third-order valence-electron chi connectivity index (χ3n) is 5.74. The Morgan fingerprint density at radius 3 is 2.23 bits per heavy atom. The quantitative estimate of drug-likeness (QED) is 0.465. The molecule has 2 heterocycles. The first-order chi connectivity index (χ1) is 16.6. The summed E-state index contributed by atoms with van der Waals surface area (Å²) in [5.74, 6) is -0.411. The summed E-state index contributed by atoms with van der Waals surface area (Å²) in [6, 6.07) is 14.5. The van der Waals surface area contributed by atoms with Crippen LogP contribution in [-0.4, -0.2) is 20.1 Å². The molecule has 11 heteroatoms. The zero-order valence-corrected chi connectivity index (χ0v) is 18.4. The molecule has 0 aliphatic heterocycles. The maximum atomic E-state index is 13.5. The number of pyridine rings is 1. The molecule has 0 saturated heterocycles. The van der Waals surface area contributed by atoms with Crippen LogP contribution in [0.1, 0.15) is 18.9 Å². The SMILES string of the molecule is Cn1c(=O)cc(Nc2ccc(OC(F)(F)F)cc2)c2c(=O)n(C3CC3)c(=O)n(-c3ccccc3)c21. The van der Waals surface area contributed by atoms with Crippen LogP contribution in [0, 0.1) is 0 Å². The number of aromatic nitrogens is 3. The van der Waals surface area contributed by atoms with E-state index in [0.29, 0.717) is 24.2 Å². The molecule has 1 N–H and O–H groups in total. The highest BCUT2D eigenvalue weighted by atomic mass is 19.4. The van der Waals surface area contributed by atoms with Gasteiger partial charge in [0.15, 0.2) is 0 Å². The second-order valence-electron chi connectivity index (χ2n) is 8.21. The van der Waals surface area contributed by atoms with Crippen LogP contribution in [0.2, 0.25) is 0 Å². The van der Waals surface area contributed by atoms with Crippen LogP contribution >= 0.6 is 0 Å². The van der Waals surface area contributed by atoms with E-state index in [1.165, 1.54) is 38.9 Å². The Hall–Kier alpha value is -4.28.